The summed E-state index contributed by atoms with van der Waals surface area (Å²) in [5, 5.41) is 4.37. The van der Waals surface area contributed by atoms with E-state index in [4.69, 9.17) is 10.5 Å². The van der Waals surface area contributed by atoms with Crippen LogP contribution in [-0.2, 0) is 44.9 Å². The summed E-state index contributed by atoms with van der Waals surface area (Å²) < 4.78 is 102. The molecule has 0 saturated heterocycles. The van der Waals surface area contributed by atoms with E-state index in [1.165, 1.54) is 6.92 Å². The average Bonchev–Trinajstić information content (AvgIpc) is 3.46. The number of benzene rings is 2. The lowest BCUT2D eigenvalue weighted by atomic mass is 10.0. The minimum absolute atomic E-state index is 0.0689. The molecule has 16 heteroatoms. The van der Waals surface area contributed by atoms with Gasteiger partial charge in [0.15, 0.2) is 15.5 Å². The van der Waals surface area contributed by atoms with Gasteiger partial charge in [-0.25, -0.2) is 27.0 Å². The first-order valence-electron chi connectivity index (χ1n) is 16.7. The molecule has 2 aromatic carbocycles. The molecule has 9 nitrogen and oxygen atoms in total. The van der Waals surface area contributed by atoms with Gasteiger partial charge in [0.05, 0.1) is 16.0 Å². The van der Waals surface area contributed by atoms with E-state index in [2.05, 4.69) is 15.6 Å². The number of rotatable bonds is 19. The smallest absolute Gasteiger partial charge is 0.435 e. The molecule has 3 aromatic rings. The van der Waals surface area contributed by atoms with E-state index in [0.717, 1.165) is 29.7 Å². The Labute approximate surface area is 299 Å². The molecular formula is C35H45F5N4O5S2. The Morgan fingerprint density at radius 1 is 0.980 bits per heavy atom. The van der Waals surface area contributed by atoms with Gasteiger partial charge in [-0.15, -0.1) is 11.3 Å². The van der Waals surface area contributed by atoms with Crippen molar-refractivity contribution in [2.45, 2.75) is 102 Å². The first-order valence-corrected chi connectivity index (χ1v) is 19.3. The number of carbonyl (C=O) groups is 2. The number of thiazole rings is 1. The number of amides is 1. The number of nitrogens with two attached hydrogens (primary N) is 1. The zero-order valence-electron chi connectivity index (χ0n) is 29.0. The fourth-order valence-corrected chi connectivity index (χ4v) is 8.63. The maximum atomic E-state index is 14.0. The van der Waals surface area contributed by atoms with Crippen LogP contribution >= 0.6 is 11.3 Å². The Morgan fingerprint density at radius 2 is 1.61 bits per heavy atom. The van der Waals surface area contributed by atoms with Gasteiger partial charge in [0.1, 0.15) is 28.7 Å². The molecule has 3 rings (SSSR count). The maximum absolute atomic E-state index is 14.0. The van der Waals surface area contributed by atoms with Crippen molar-refractivity contribution in [3.8, 4) is 0 Å². The van der Waals surface area contributed by atoms with Crippen LogP contribution in [0.3, 0.4) is 0 Å². The summed E-state index contributed by atoms with van der Waals surface area (Å²) >= 11 is 0.441. The SMILES string of the molecule is CCCC(CCC)S(=O)(=O)CC(NC(=O)c1sc(C)nc1C(F)(F)F)C(=O)O[C@H](CNCc1cccc(CC)c1)[C@@H](N)Cc1cc(F)cc(F)c1. The van der Waals surface area contributed by atoms with Gasteiger partial charge in [-0.3, -0.25) is 4.79 Å². The fourth-order valence-electron chi connectivity index (χ4n) is 5.64. The Balaban J connectivity index is 1.96. The Morgan fingerprint density at radius 3 is 2.20 bits per heavy atom. The number of esters is 1. The van der Waals surface area contributed by atoms with Gasteiger partial charge in [0.2, 0.25) is 0 Å². The topological polar surface area (TPSA) is 140 Å². The van der Waals surface area contributed by atoms with E-state index >= 15 is 0 Å². The molecule has 0 saturated carbocycles. The highest BCUT2D eigenvalue weighted by Crippen LogP contribution is 2.34. The molecule has 0 bridgehead atoms. The number of nitrogens with zero attached hydrogens (tertiary/aromatic N) is 1. The lowest BCUT2D eigenvalue weighted by Crippen LogP contribution is -2.52. The van der Waals surface area contributed by atoms with E-state index in [-0.39, 0.29) is 36.4 Å². The predicted octanol–water partition coefficient (Wildman–Crippen LogP) is 6.06. The minimum Gasteiger partial charge on any atom is -0.458 e. The van der Waals surface area contributed by atoms with Crippen LogP contribution in [-0.4, -0.2) is 61.0 Å². The second-order valence-electron chi connectivity index (χ2n) is 12.4. The van der Waals surface area contributed by atoms with Crippen molar-refractivity contribution < 1.29 is 44.7 Å². The lowest BCUT2D eigenvalue weighted by molar-refractivity contribution is -0.151. The molecule has 1 heterocycles. The lowest BCUT2D eigenvalue weighted by Gasteiger charge is -2.28. The van der Waals surface area contributed by atoms with Crippen LogP contribution in [0.5, 0.6) is 0 Å². The van der Waals surface area contributed by atoms with Crippen molar-refractivity contribution >= 4 is 33.1 Å². The molecule has 0 fully saturated rings. The number of aryl methyl sites for hydroxylation is 2. The van der Waals surface area contributed by atoms with Crippen molar-refractivity contribution in [3.05, 3.63) is 86.4 Å². The van der Waals surface area contributed by atoms with E-state index < -0.39 is 79.3 Å². The molecule has 0 radical (unpaired) electrons. The maximum Gasteiger partial charge on any atom is 0.435 e. The van der Waals surface area contributed by atoms with Gasteiger partial charge in [0.25, 0.3) is 5.91 Å². The van der Waals surface area contributed by atoms with Crippen molar-refractivity contribution in [1.29, 1.82) is 0 Å². The van der Waals surface area contributed by atoms with E-state index in [1.54, 1.807) is 13.8 Å². The van der Waals surface area contributed by atoms with Gasteiger partial charge < -0.3 is 21.1 Å². The van der Waals surface area contributed by atoms with Crippen LogP contribution in [0.1, 0.15) is 83.5 Å². The van der Waals surface area contributed by atoms with Crippen LogP contribution in [0.4, 0.5) is 22.0 Å². The molecule has 0 aliphatic heterocycles. The number of hydrogen-bond donors (Lipinski definition) is 3. The number of sulfone groups is 1. The van der Waals surface area contributed by atoms with Gasteiger partial charge in [-0.1, -0.05) is 57.9 Å². The summed E-state index contributed by atoms with van der Waals surface area (Å²) in [7, 11) is -4.11. The van der Waals surface area contributed by atoms with E-state index in [1.807, 2.05) is 31.2 Å². The number of aromatic nitrogens is 1. The highest BCUT2D eigenvalue weighted by atomic mass is 32.2. The fraction of sp³-hybridized carbons (Fsp3) is 0.514. The van der Waals surface area contributed by atoms with Crippen molar-refractivity contribution in [2.24, 2.45) is 5.73 Å². The summed E-state index contributed by atoms with van der Waals surface area (Å²) in [4.78, 5) is 29.7. The van der Waals surface area contributed by atoms with Crippen LogP contribution in [0.2, 0.25) is 0 Å². The molecular weight excluding hydrogens is 716 g/mol. The van der Waals surface area contributed by atoms with E-state index in [9.17, 15) is 40.0 Å². The molecule has 3 atom stereocenters. The van der Waals surface area contributed by atoms with E-state index in [0.29, 0.717) is 36.8 Å². The van der Waals surface area contributed by atoms with Crippen LogP contribution in [0.15, 0.2) is 42.5 Å². The molecule has 51 heavy (non-hydrogen) atoms. The Kier molecular flexibility index (Phi) is 15.5. The standard InChI is InChI=1S/C35H45F5N4O5S2/c1-5-9-27(10-6-2)51(47,48)20-29(44-33(45)31-32(35(38,39)40)43-21(4)50-31)34(46)49-30(19-42-18-23-12-8-11-22(7-3)13-23)28(41)16-24-14-25(36)17-26(37)15-24/h8,11-15,17,27-30,42H,5-7,9-10,16,18-20,41H2,1-4H3,(H,44,45)/t28-,29?,30+/m0/s1. The Bertz CT molecular complexity index is 1710. The summed E-state index contributed by atoms with van der Waals surface area (Å²) in [5.41, 5.74) is 7.11. The molecule has 1 aromatic heterocycles. The number of hydrogen-bond acceptors (Lipinski definition) is 9. The number of halogens is 5. The van der Waals surface area contributed by atoms with Crippen molar-refractivity contribution in [2.75, 3.05) is 12.3 Å². The predicted molar refractivity (Wildman–Crippen MR) is 186 cm³/mol. The largest absolute Gasteiger partial charge is 0.458 e. The second kappa shape index (κ2) is 18.9. The molecule has 0 aliphatic carbocycles. The normalized spacial score (nSPS) is 13.9. The van der Waals surface area contributed by atoms with Crippen LogP contribution < -0.4 is 16.4 Å². The highest BCUT2D eigenvalue weighted by molar-refractivity contribution is 7.92. The molecule has 1 unspecified atom stereocenters. The zero-order valence-corrected chi connectivity index (χ0v) is 30.6. The first kappa shape index (κ1) is 41.9. The number of ether oxygens (including phenoxy) is 1. The summed E-state index contributed by atoms with van der Waals surface area (Å²) in [6.07, 6.45) is -4.07. The second-order valence-corrected chi connectivity index (χ2v) is 15.9. The summed E-state index contributed by atoms with van der Waals surface area (Å²) in [5.74, 6) is -5.25. The van der Waals surface area contributed by atoms with Gasteiger partial charge >= 0.3 is 12.1 Å². The third kappa shape index (κ3) is 12.6. The monoisotopic (exact) mass is 760 g/mol. The molecule has 0 aliphatic rings. The molecule has 0 spiro atoms. The Hall–Kier alpha value is -3.47. The quantitative estimate of drug-likeness (QED) is 0.0990. The van der Waals surface area contributed by atoms with Gasteiger partial charge in [0, 0.05) is 25.2 Å². The average molecular weight is 761 g/mol. The zero-order chi connectivity index (χ0) is 37.9. The molecule has 1 amide bonds. The van der Waals surface area contributed by atoms with Crippen molar-refractivity contribution in [1.82, 2.24) is 15.6 Å². The summed E-state index contributed by atoms with van der Waals surface area (Å²) in [6, 6.07) is 7.49. The third-order valence-electron chi connectivity index (χ3n) is 8.14. The van der Waals surface area contributed by atoms with Crippen molar-refractivity contribution in [3.63, 3.8) is 0 Å². The van der Waals surface area contributed by atoms with Crippen LogP contribution in [0.25, 0.3) is 0 Å². The highest BCUT2D eigenvalue weighted by Gasteiger charge is 2.41. The number of carbonyl (C=O) groups excluding carboxylic acids is 2. The van der Waals surface area contributed by atoms with Gasteiger partial charge in [-0.05, 0) is 61.4 Å². The first-order chi connectivity index (χ1) is 24.0. The third-order valence-corrected chi connectivity index (χ3v) is 11.4. The minimum atomic E-state index is -5.00. The number of alkyl halides is 3. The van der Waals surface area contributed by atoms with Gasteiger partial charge in [-0.2, -0.15) is 13.2 Å². The molecule has 282 valence electrons. The number of nitrogens with one attached hydrogen (secondary N) is 2. The summed E-state index contributed by atoms with van der Waals surface area (Å²) in [6.45, 7) is 7.05. The van der Waals surface area contributed by atoms with Crippen LogP contribution in [0, 0.1) is 18.6 Å². The molecule has 4 N–H and O–H groups in total.